The third-order valence-electron chi connectivity index (χ3n) is 4.23. The van der Waals surface area contributed by atoms with Gasteiger partial charge in [-0.3, -0.25) is 9.59 Å². The number of hydrogen-bond acceptors (Lipinski definition) is 4. The lowest BCUT2D eigenvalue weighted by Gasteiger charge is -2.09. The highest BCUT2D eigenvalue weighted by atomic mass is 19.4. The number of nitrogens with zero attached hydrogens (tertiary/aromatic N) is 1. The van der Waals surface area contributed by atoms with Gasteiger partial charge >= 0.3 is 18.0 Å². The van der Waals surface area contributed by atoms with E-state index in [2.05, 4.69) is 10.4 Å². The molecule has 0 unspecified atom stereocenters. The van der Waals surface area contributed by atoms with E-state index in [0.717, 1.165) is 17.7 Å². The van der Waals surface area contributed by atoms with Gasteiger partial charge in [-0.2, -0.15) is 18.3 Å². The Labute approximate surface area is 185 Å². The molecule has 33 heavy (non-hydrogen) atoms. The summed E-state index contributed by atoms with van der Waals surface area (Å²) >= 11 is 0. The number of amides is 2. The first kappa shape index (κ1) is 23.5. The zero-order valence-electron chi connectivity index (χ0n) is 16.9. The quantitative estimate of drug-likeness (QED) is 0.246. The summed E-state index contributed by atoms with van der Waals surface area (Å²) in [6.07, 6.45) is -3.30. The average Bonchev–Trinajstić information content (AvgIpc) is 2.79. The smallest absolute Gasteiger partial charge is 0.416 e. The Hall–Kier alpha value is -4.21. The number of halogens is 4. The summed E-state index contributed by atoms with van der Waals surface area (Å²) in [5.74, 6) is -2.09. The number of hydrogen-bond donors (Lipinski definition) is 2. The van der Waals surface area contributed by atoms with E-state index < -0.39 is 23.6 Å². The highest BCUT2D eigenvalue weighted by Crippen LogP contribution is 2.30. The van der Waals surface area contributed by atoms with Gasteiger partial charge in [0.05, 0.1) is 11.8 Å². The molecular formula is C23H17F4N3O3. The maximum absolute atomic E-state index is 12.9. The van der Waals surface area contributed by atoms with Crippen LogP contribution in [-0.4, -0.2) is 18.0 Å². The van der Waals surface area contributed by atoms with E-state index in [-0.39, 0.29) is 18.1 Å². The minimum absolute atomic E-state index is 0.176. The highest BCUT2D eigenvalue weighted by molar-refractivity contribution is 6.39. The second-order valence-electron chi connectivity index (χ2n) is 6.72. The monoisotopic (exact) mass is 459 g/mol. The van der Waals surface area contributed by atoms with Crippen LogP contribution in [0.3, 0.4) is 0 Å². The van der Waals surface area contributed by atoms with Crippen LogP contribution in [0.15, 0.2) is 77.9 Å². The van der Waals surface area contributed by atoms with E-state index in [0.29, 0.717) is 17.4 Å². The number of ether oxygens (including phenoxy) is 1. The maximum atomic E-state index is 12.9. The van der Waals surface area contributed by atoms with Crippen LogP contribution >= 0.6 is 0 Å². The summed E-state index contributed by atoms with van der Waals surface area (Å²) in [5, 5.41) is 5.73. The molecule has 6 nitrogen and oxygen atoms in total. The molecule has 0 aliphatic rings. The van der Waals surface area contributed by atoms with Gasteiger partial charge in [-0.1, -0.05) is 18.2 Å². The Kier molecular flexibility index (Phi) is 7.39. The van der Waals surface area contributed by atoms with Gasteiger partial charge in [0.2, 0.25) is 0 Å². The number of rotatable bonds is 6. The van der Waals surface area contributed by atoms with Crippen LogP contribution in [0.25, 0.3) is 0 Å². The third-order valence-corrected chi connectivity index (χ3v) is 4.23. The first-order valence-corrected chi connectivity index (χ1v) is 9.50. The minimum atomic E-state index is -4.57. The Balaban J connectivity index is 1.48. The molecule has 3 aromatic carbocycles. The number of anilines is 1. The average molecular weight is 459 g/mol. The molecule has 0 saturated carbocycles. The van der Waals surface area contributed by atoms with Crippen LogP contribution in [0.5, 0.6) is 5.75 Å². The minimum Gasteiger partial charge on any atom is -0.489 e. The number of carbonyl (C=O) groups excluding carboxylic acids is 2. The summed E-state index contributed by atoms with van der Waals surface area (Å²) in [7, 11) is 0. The van der Waals surface area contributed by atoms with E-state index in [4.69, 9.17) is 4.74 Å². The molecule has 10 heteroatoms. The normalized spacial score (nSPS) is 11.3. The van der Waals surface area contributed by atoms with Crippen LogP contribution in [0.4, 0.5) is 23.2 Å². The lowest BCUT2D eigenvalue weighted by molar-refractivity contribution is -0.137. The van der Waals surface area contributed by atoms with Gasteiger partial charge in [0, 0.05) is 5.69 Å². The van der Waals surface area contributed by atoms with Gasteiger partial charge in [-0.25, -0.2) is 9.82 Å². The molecular weight excluding hydrogens is 442 g/mol. The molecule has 3 rings (SSSR count). The van der Waals surface area contributed by atoms with Crippen molar-refractivity contribution < 1.29 is 31.9 Å². The Bertz CT molecular complexity index is 1140. The summed E-state index contributed by atoms with van der Waals surface area (Å²) in [5.41, 5.74) is 2.25. The van der Waals surface area contributed by atoms with Crippen molar-refractivity contribution in [3.63, 3.8) is 0 Å². The molecule has 0 bridgehead atoms. The molecule has 0 spiro atoms. The van der Waals surface area contributed by atoms with Crippen LogP contribution in [0, 0.1) is 5.82 Å². The lowest BCUT2D eigenvalue weighted by atomic mass is 10.2. The summed E-state index contributed by atoms with van der Waals surface area (Å²) < 4.78 is 56.6. The van der Waals surface area contributed by atoms with Gasteiger partial charge in [-0.05, 0) is 65.7 Å². The van der Waals surface area contributed by atoms with Crippen molar-refractivity contribution in [3.8, 4) is 5.75 Å². The first-order chi connectivity index (χ1) is 15.7. The molecule has 0 atom stereocenters. The molecule has 170 valence electrons. The van der Waals surface area contributed by atoms with Crippen LogP contribution in [-0.2, 0) is 22.4 Å². The largest absolute Gasteiger partial charge is 0.489 e. The molecule has 3 aromatic rings. The SMILES string of the molecule is O=C(N/N=C\c1ccc(OCc2ccc(F)cc2)cc1)C(=O)Nc1cccc(C(F)(F)F)c1. The maximum Gasteiger partial charge on any atom is 0.416 e. The molecule has 0 aliphatic carbocycles. The van der Waals surface area contributed by atoms with Crippen LogP contribution < -0.4 is 15.5 Å². The molecule has 0 saturated heterocycles. The standard InChI is InChI=1S/C23H17F4N3O3/c24-18-8-4-16(5-9-18)14-33-20-10-6-15(7-11-20)13-28-30-22(32)21(31)29-19-3-1-2-17(12-19)23(25,26)27/h1-13H,14H2,(H,29,31)(H,30,32)/b28-13-. The van der Waals surface area contributed by atoms with Crippen molar-refractivity contribution in [1.29, 1.82) is 0 Å². The van der Waals surface area contributed by atoms with Crippen molar-refractivity contribution in [2.75, 3.05) is 5.32 Å². The molecule has 0 heterocycles. The van der Waals surface area contributed by atoms with Gasteiger partial charge in [0.1, 0.15) is 18.2 Å². The van der Waals surface area contributed by atoms with Gasteiger partial charge in [0.15, 0.2) is 0 Å². The second-order valence-corrected chi connectivity index (χ2v) is 6.72. The van der Waals surface area contributed by atoms with Crippen LogP contribution in [0.2, 0.25) is 0 Å². The Morgan fingerprint density at radius 2 is 1.64 bits per heavy atom. The Morgan fingerprint density at radius 3 is 2.30 bits per heavy atom. The predicted octanol–water partition coefficient (Wildman–Crippen LogP) is 4.51. The molecule has 0 aliphatic heterocycles. The van der Waals surface area contributed by atoms with E-state index in [1.54, 1.807) is 36.4 Å². The number of benzene rings is 3. The van der Waals surface area contributed by atoms with Crippen molar-refractivity contribution in [3.05, 3.63) is 95.3 Å². The number of nitrogens with one attached hydrogen (secondary N) is 2. The fraction of sp³-hybridized carbons (Fsp3) is 0.0870. The van der Waals surface area contributed by atoms with Crippen molar-refractivity contribution in [2.45, 2.75) is 12.8 Å². The molecule has 0 aromatic heterocycles. The Morgan fingerprint density at radius 1 is 0.939 bits per heavy atom. The van der Waals surface area contributed by atoms with Gasteiger partial charge in [-0.15, -0.1) is 0 Å². The molecule has 0 radical (unpaired) electrons. The molecule has 0 fully saturated rings. The summed E-state index contributed by atoms with van der Waals surface area (Å²) in [4.78, 5) is 23.7. The van der Waals surface area contributed by atoms with Gasteiger partial charge in [0.25, 0.3) is 0 Å². The fourth-order valence-electron chi connectivity index (χ4n) is 2.57. The molecule has 2 N–H and O–H groups in total. The lowest BCUT2D eigenvalue weighted by Crippen LogP contribution is -2.32. The van der Waals surface area contributed by atoms with Crippen LogP contribution in [0.1, 0.15) is 16.7 Å². The molecule has 2 amide bonds. The van der Waals surface area contributed by atoms with Crippen molar-refractivity contribution in [1.82, 2.24) is 5.43 Å². The van der Waals surface area contributed by atoms with Crippen molar-refractivity contribution >= 4 is 23.7 Å². The first-order valence-electron chi connectivity index (χ1n) is 9.50. The number of alkyl halides is 3. The summed E-state index contributed by atoms with van der Waals surface area (Å²) in [6, 6.07) is 16.4. The third kappa shape index (κ3) is 7.17. The van der Waals surface area contributed by atoms with E-state index in [9.17, 15) is 27.2 Å². The zero-order chi connectivity index (χ0) is 23.8. The zero-order valence-corrected chi connectivity index (χ0v) is 16.9. The predicted molar refractivity (Wildman–Crippen MR) is 113 cm³/mol. The number of hydrazone groups is 1. The number of carbonyl (C=O) groups is 2. The van der Waals surface area contributed by atoms with Crippen molar-refractivity contribution in [2.24, 2.45) is 5.10 Å². The summed E-state index contributed by atoms with van der Waals surface area (Å²) in [6.45, 7) is 0.255. The van der Waals surface area contributed by atoms with Gasteiger partial charge < -0.3 is 10.1 Å². The topological polar surface area (TPSA) is 79.8 Å². The second kappa shape index (κ2) is 10.4. The van der Waals surface area contributed by atoms with E-state index >= 15 is 0 Å². The highest BCUT2D eigenvalue weighted by Gasteiger charge is 2.30. The fourth-order valence-corrected chi connectivity index (χ4v) is 2.57. The van der Waals surface area contributed by atoms with E-state index in [1.165, 1.54) is 24.4 Å². The van der Waals surface area contributed by atoms with E-state index in [1.807, 2.05) is 5.43 Å².